The number of halogens is 1. The second kappa shape index (κ2) is 14.3. The van der Waals surface area contributed by atoms with Crippen molar-refractivity contribution in [3.05, 3.63) is 53.1 Å². The van der Waals surface area contributed by atoms with E-state index >= 15 is 0 Å². The van der Waals surface area contributed by atoms with Crippen molar-refractivity contribution in [2.24, 2.45) is 11.8 Å². The van der Waals surface area contributed by atoms with Crippen molar-refractivity contribution in [1.82, 2.24) is 15.4 Å². The van der Waals surface area contributed by atoms with Crippen LogP contribution in [0.15, 0.2) is 47.4 Å². The molecule has 2 aromatic rings. The van der Waals surface area contributed by atoms with Gasteiger partial charge in [0.05, 0.1) is 4.90 Å². The van der Waals surface area contributed by atoms with Gasteiger partial charge < -0.3 is 15.7 Å². The summed E-state index contributed by atoms with van der Waals surface area (Å²) in [4.78, 5) is 24.3. The molecule has 4 N–H and O–H groups in total. The molecular weight excluding hydrogens is 546 g/mol. The summed E-state index contributed by atoms with van der Waals surface area (Å²) in [5.74, 6) is -0.00825. The molecule has 2 aromatic carbocycles. The number of carbonyl (C=O) groups excluding carboxylic acids is 2. The third kappa shape index (κ3) is 8.19. The van der Waals surface area contributed by atoms with E-state index in [1.54, 1.807) is 30.3 Å². The Labute approximate surface area is 235 Å². The van der Waals surface area contributed by atoms with E-state index < -0.39 is 22.0 Å². The van der Waals surface area contributed by atoms with Gasteiger partial charge in [0, 0.05) is 47.5 Å². The van der Waals surface area contributed by atoms with Gasteiger partial charge in [-0.25, -0.2) is 13.1 Å². The lowest BCUT2D eigenvalue weighted by molar-refractivity contribution is -0.127. The number of rotatable bonds is 12. The third-order valence-electron chi connectivity index (χ3n) is 6.80. The molecule has 0 spiro atoms. The molecule has 2 atom stereocenters. The number of sulfonamides is 1. The van der Waals surface area contributed by atoms with E-state index in [4.69, 9.17) is 11.6 Å². The zero-order chi connectivity index (χ0) is 27.7. The van der Waals surface area contributed by atoms with Crippen LogP contribution in [0.4, 0.5) is 0 Å². The molecule has 11 heteroatoms. The van der Waals surface area contributed by atoms with Crippen molar-refractivity contribution in [3.8, 4) is 11.1 Å². The smallest absolute Gasteiger partial charge is 0.264 e. The molecule has 38 heavy (non-hydrogen) atoms. The van der Waals surface area contributed by atoms with Crippen LogP contribution in [-0.2, 0) is 26.2 Å². The van der Waals surface area contributed by atoms with Gasteiger partial charge in [-0.3, -0.25) is 9.59 Å². The highest BCUT2D eigenvalue weighted by molar-refractivity contribution is 7.90. The van der Waals surface area contributed by atoms with E-state index in [-0.39, 0.29) is 16.7 Å². The molecule has 0 aliphatic heterocycles. The Hall–Kier alpha value is -2.11. The molecule has 0 radical (unpaired) electrons. The molecule has 0 aromatic heterocycles. The average molecular weight is 582 g/mol. The fraction of sp³-hybridized carbons (Fsp3) is 0.481. The van der Waals surface area contributed by atoms with Crippen LogP contribution >= 0.6 is 24.2 Å². The van der Waals surface area contributed by atoms with Crippen molar-refractivity contribution in [1.29, 1.82) is 0 Å². The first-order valence-corrected chi connectivity index (χ1v) is 15.3. The van der Waals surface area contributed by atoms with Gasteiger partial charge in [0.2, 0.25) is 5.91 Å². The number of hydrogen-bond acceptors (Lipinski definition) is 7. The molecule has 1 aliphatic carbocycles. The Morgan fingerprint density at radius 1 is 1.05 bits per heavy atom. The molecule has 0 bridgehead atoms. The van der Waals surface area contributed by atoms with Gasteiger partial charge in [-0.2, -0.15) is 12.6 Å². The summed E-state index contributed by atoms with van der Waals surface area (Å²) in [5.41, 5.74) is 1.72. The van der Waals surface area contributed by atoms with Crippen LogP contribution in [0.1, 0.15) is 44.6 Å². The maximum Gasteiger partial charge on any atom is 0.264 e. The van der Waals surface area contributed by atoms with Crippen LogP contribution in [0.3, 0.4) is 0 Å². The molecule has 208 valence electrons. The summed E-state index contributed by atoms with van der Waals surface area (Å²) in [7, 11) is -4.22. The molecule has 1 fully saturated rings. The number of aliphatic hydroxyl groups excluding tert-OH is 1. The van der Waals surface area contributed by atoms with E-state index in [0.29, 0.717) is 47.5 Å². The standard InChI is InChI=1S/C27H36ClN3O5S2/c1-18(32)26(33)31-38(35,36)25-10-6-5-9-22(25)21-12-11-19(15-24(21)28)16-29-13-14-30-27(34)23(17-37)20-7-3-2-4-8-20/h5-6,9-12,15,18,20,23,29,32,37H,2-4,7-8,13-14,16-17H2,1H3,(H,30,34)(H,31,33)/t18-,23-/m0/s1. The fourth-order valence-corrected chi connectivity index (χ4v) is 6.74. The number of thiol groups is 1. The summed E-state index contributed by atoms with van der Waals surface area (Å²) in [5, 5.41) is 16.0. The molecule has 1 aliphatic rings. The number of carbonyl (C=O) groups is 2. The van der Waals surface area contributed by atoms with Crippen molar-refractivity contribution < 1.29 is 23.1 Å². The Kier molecular flexibility index (Phi) is 11.5. The normalized spacial score (nSPS) is 16.0. The minimum absolute atomic E-state index is 0.0444. The zero-order valence-corrected chi connectivity index (χ0v) is 23.9. The van der Waals surface area contributed by atoms with Crippen LogP contribution < -0.4 is 15.4 Å². The highest BCUT2D eigenvalue weighted by atomic mass is 35.5. The lowest BCUT2D eigenvalue weighted by Crippen LogP contribution is -2.39. The Morgan fingerprint density at radius 2 is 1.76 bits per heavy atom. The monoisotopic (exact) mass is 581 g/mol. The van der Waals surface area contributed by atoms with Crippen LogP contribution in [-0.4, -0.2) is 50.3 Å². The first kappa shape index (κ1) is 30.4. The SMILES string of the molecule is C[C@H](O)C(=O)NS(=O)(=O)c1ccccc1-c1ccc(CNCCNC(=O)[C@@H](CS)C2CCCCC2)cc1Cl. The van der Waals surface area contributed by atoms with Crippen LogP contribution in [0.25, 0.3) is 11.1 Å². The first-order chi connectivity index (χ1) is 18.1. The van der Waals surface area contributed by atoms with Crippen molar-refractivity contribution in [3.63, 3.8) is 0 Å². The molecule has 2 amide bonds. The first-order valence-electron chi connectivity index (χ1n) is 12.9. The molecule has 1 saturated carbocycles. The van der Waals surface area contributed by atoms with E-state index in [1.165, 1.54) is 32.3 Å². The predicted molar refractivity (Wildman–Crippen MR) is 153 cm³/mol. The zero-order valence-electron chi connectivity index (χ0n) is 21.5. The van der Waals surface area contributed by atoms with E-state index in [2.05, 4.69) is 23.3 Å². The summed E-state index contributed by atoms with van der Waals surface area (Å²) < 4.78 is 27.5. The molecule has 0 saturated heterocycles. The van der Waals surface area contributed by atoms with Crippen LogP contribution in [0.5, 0.6) is 0 Å². The second-order valence-electron chi connectivity index (χ2n) is 9.61. The van der Waals surface area contributed by atoms with Gasteiger partial charge in [-0.1, -0.05) is 61.2 Å². The van der Waals surface area contributed by atoms with E-state index in [9.17, 15) is 23.1 Å². The molecular formula is C27H36ClN3O5S2. The molecule has 3 rings (SSSR count). The second-order valence-corrected chi connectivity index (χ2v) is 12.0. The number of hydrogen-bond donors (Lipinski definition) is 5. The van der Waals surface area contributed by atoms with Gasteiger partial charge >= 0.3 is 0 Å². The maximum atomic E-state index is 12.8. The summed E-state index contributed by atoms with van der Waals surface area (Å²) in [6.07, 6.45) is 4.35. The Balaban J connectivity index is 1.57. The minimum Gasteiger partial charge on any atom is -0.384 e. The van der Waals surface area contributed by atoms with Gasteiger partial charge in [0.15, 0.2) is 0 Å². The average Bonchev–Trinajstić information content (AvgIpc) is 2.89. The highest BCUT2D eigenvalue weighted by Crippen LogP contribution is 2.33. The number of aliphatic hydroxyl groups is 1. The van der Waals surface area contributed by atoms with Gasteiger partial charge in [-0.15, -0.1) is 0 Å². The summed E-state index contributed by atoms with van der Waals surface area (Å²) in [6, 6.07) is 11.5. The lowest BCUT2D eigenvalue weighted by Gasteiger charge is -2.28. The number of benzene rings is 2. The topological polar surface area (TPSA) is 125 Å². The van der Waals surface area contributed by atoms with E-state index in [1.807, 2.05) is 10.8 Å². The largest absolute Gasteiger partial charge is 0.384 e. The van der Waals surface area contributed by atoms with Crippen molar-refractivity contribution >= 4 is 46.1 Å². The lowest BCUT2D eigenvalue weighted by atomic mass is 9.80. The maximum absolute atomic E-state index is 12.8. The number of nitrogens with one attached hydrogen (secondary N) is 3. The highest BCUT2D eigenvalue weighted by Gasteiger charge is 2.28. The van der Waals surface area contributed by atoms with Gasteiger partial charge in [-0.05, 0) is 43.4 Å². The van der Waals surface area contributed by atoms with Crippen molar-refractivity contribution in [2.75, 3.05) is 18.8 Å². The summed E-state index contributed by atoms with van der Waals surface area (Å²) in [6.45, 7) is 2.79. The minimum atomic E-state index is -4.22. The molecule has 0 heterocycles. The summed E-state index contributed by atoms with van der Waals surface area (Å²) >= 11 is 10.9. The van der Waals surface area contributed by atoms with Gasteiger partial charge in [0.1, 0.15) is 6.10 Å². The fourth-order valence-electron chi connectivity index (χ4n) is 4.70. The molecule has 8 nitrogen and oxygen atoms in total. The van der Waals surface area contributed by atoms with Crippen LogP contribution in [0.2, 0.25) is 5.02 Å². The number of amides is 2. The Bertz CT molecular complexity index is 1220. The van der Waals surface area contributed by atoms with Gasteiger partial charge in [0.25, 0.3) is 15.9 Å². The quantitative estimate of drug-likeness (QED) is 0.193. The predicted octanol–water partition coefficient (Wildman–Crippen LogP) is 3.52. The van der Waals surface area contributed by atoms with E-state index in [0.717, 1.165) is 18.4 Å². The van der Waals surface area contributed by atoms with Crippen molar-refractivity contribution in [2.45, 2.75) is 56.6 Å². The van der Waals surface area contributed by atoms with Crippen LogP contribution in [0, 0.1) is 11.8 Å². The molecule has 0 unspecified atom stereocenters. The Morgan fingerprint density at radius 3 is 2.42 bits per heavy atom. The third-order valence-corrected chi connectivity index (χ3v) is 8.91.